The van der Waals surface area contributed by atoms with E-state index in [0.29, 0.717) is 27.0 Å². The van der Waals surface area contributed by atoms with Gasteiger partial charge >= 0.3 is 5.97 Å². The summed E-state index contributed by atoms with van der Waals surface area (Å²) in [5.74, 6) is -2.94. The summed E-state index contributed by atoms with van der Waals surface area (Å²) in [5, 5.41) is 14.9. The first-order chi connectivity index (χ1) is 14.9. The predicted octanol–water partition coefficient (Wildman–Crippen LogP) is 3.76. The molecule has 0 bridgehead atoms. The maximum absolute atomic E-state index is 13.4. The molecule has 0 spiro atoms. The average Bonchev–Trinajstić information content (AvgIpc) is 3.20. The highest BCUT2D eigenvalue weighted by molar-refractivity contribution is 7.14. The normalized spacial score (nSPS) is 19.1. The van der Waals surface area contributed by atoms with E-state index in [0.717, 1.165) is 0 Å². The molecule has 7 nitrogen and oxygen atoms in total. The van der Waals surface area contributed by atoms with Gasteiger partial charge < -0.3 is 10.4 Å². The molecule has 1 fully saturated rings. The van der Waals surface area contributed by atoms with Crippen LogP contribution < -0.4 is 10.2 Å². The lowest BCUT2D eigenvalue weighted by atomic mass is 9.89. The Hall–Kier alpha value is -3.23. The molecule has 0 radical (unpaired) electrons. The molecule has 158 valence electrons. The summed E-state index contributed by atoms with van der Waals surface area (Å²) >= 11 is 7.45. The number of hydrogen-bond acceptors (Lipinski definition) is 5. The number of rotatable bonds is 5. The van der Waals surface area contributed by atoms with Gasteiger partial charge in [-0.05, 0) is 11.6 Å². The number of carbonyl (C=O) groups excluding carboxylic acids is 2. The Morgan fingerprint density at radius 2 is 1.87 bits per heavy atom. The van der Waals surface area contributed by atoms with Crippen LogP contribution in [0.3, 0.4) is 0 Å². The Labute approximate surface area is 187 Å². The Morgan fingerprint density at radius 1 is 1.16 bits per heavy atom. The molecule has 2 heterocycles. The molecule has 1 aromatic heterocycles. The van der Waals surface area contributed by atoms with Gasteiger partial charge in [-0.1, -0.05) is 60.1 Å². The number of carboxylic acids is 1. The number of nitrogens with one attached hydrogen (secondary N) is 1. The van der Waals surface area contributed by atoms with Gasteiger partial charge in [-0.2, -0.15) is 0 Å². The van der Waals surface area contributed by atoms with E-state index >= 15 is 0 Å². The topological polar surface area (TPSA) is 99.6 Å². The number of amides is 2. The van der Waals surface area contributed by atoms with Crippen LogP contribution in [0.1, 0.15) is 18.0 Å². The van der Waals surface area contributed by atoms with Gasteiger partial charge in [0.05, 0.1) is 24.1 Å². The molecular weight excluding hydrogens is 438 g/mol. The van der Waals surface area contributed by atoms with Crippen molar-refractivity contribution in [2.24, 2.45) is 5.92 Å². The Bertz CT molecular complexity index is 1130. The van der Waals surface area contributed by atoms with Gasteiger partial charge in [-0.3, -0.25) is 19.3 Å². The molecule has 2 N–H and O–H groups in total. The van der Waals surface area contributed by atoms with Crippen LogP contribution in [0.5, 0.6) is 0 Å². The van der Waals surface area contributed by atoms with Gasteiger partial charge in [0, 0.05) is 16.0 Å². The third-order valence-electron chi connectivity index (χ3n) is 5.03. The van der Waals surface area contributed by atoms with Crippen molar-refractivity contribution < 1.29 is 19.5 Å². The smallest absolute Gasteiger partial charge is 0.304 e. The number of aliphatic carboxylic acids is 1. The third kappa shape index (κ3) is 4.45. The van der Waals surface area contributed by atoms with Crippen molar-refractivity contribution in [3.8, 4) is 11.3 Å². The first kappa shape index (κ1) is 21.0. The first-order valence-corrected chi connectivity index (χ1v) is 10.8. The number of hydrogen-bond donors (Lipinski definition) is 2. The zero-order valence-electron chi connectivity index (χ0n) is 16.2. The fourth-order valence-electron chi connectivity index (χ4n) is 3.60. The van der Waals surface area contributed by atoms with E-state index in [1.165, 1.54) is 16.2 Å². The minimum absolute atomic E-state index is 0.242. The minimum Gasteiger partial charge on any atom is -0.481 e. The molecule has 3 aromatic rings. The Balaban J connectivity index is 1.71. The second kappa shape index (κ2) is 8.87. The van der Waals surface area contributed by atoms with Crippen LogP contribution in [0.25, 0.3) is 11.3 Å². The van der Waals surface area contributed by atoms with Crippen LogP contribution in [-0.2, 0) is 14.4 Å². The number of aromatic nitrogens is 1. The molecule has 2 aromatic carbocycles. The molecule has 0 aliphatic carbocycles. The molecule has 31 heavy (non-hydrogen) atoms. The minimum atomic E-state index is -1.12. The predicted molar refractivity (Wildman–Crippen MR) is 118 cm³/mol. The van der Waals surface area contributed by atoms with Gasteiger partial charge in [0.25, 0.3) is 0 Å². The molecule has 2 amide bonds. The van der Waals surface area contributed by atoms with Crippen LogP contribution >= 0.6 is 22.9 Å². The van der Waals surface area contributed by atoms with Crippen molar-refractivity contribution in [1.29, 1.82) is 0 Å². The van der Waals surface area contributed by atoms with E-state index in [1.807, 2.05) is 24.3 Å². The fraction of sp³-hybridized carbons (Fsp3) is 0.182. The van der Waals surface area contributed by atoms with Crippen LogP contribution in [0.4, 0.5) is 5.13 Å². The van der Waals surface area contributed by atoms with E-state index in [4.69, 9.17) is 11.6 Å². The molecular formula is C22H18ClN3O4S. The molecule has 4 rings (SSSR count). The Kier molecular flexibility index (Phi) is 6.01. The number of carbonyl (C=O) groups is 3. The third-order valence-corrected chi connectivity index (χ3v) is 6.22. The summed E-state index contributed by atoms with van der Waals surface area (Å²) in [7, 11) is 0. The van der Waals surface area contributed by atoms with Crippen molar-refractivity contribution >= 4 is 45.9 Å². The second-order valence-corrected chi connectivity index (χ2v) is 8.32. The van der Waals surface area contributed by atoms with E-state index in [1.54, 1.807) is 35.7 Å². The molecule has 0 unspecified atom stereocenters. The van der Waals surface area contributed by atoms with Crippen molar-refractivity contribution in [1.82, 2.24) is 10.3 Å². The maximum atomic E-state index is 13.4. The van der Waals surface area contributed by atoms with Crippen LogP contribution in [-0.4, -0.2) is 34.4 Å². The summed E-state index contributed by atoms with van der Waals surface area (Å²) in [6.45, 7) is -0.242. The number of halogens is 1. The summed E-state index contributed by atoms with van der Waals surface area (Å²) in [6.07, 6.45) is -0.419. The lowest BCUT2D eigenvalue weighted by Crippen LogP contribution is -2.38. The van der Waals surface area contributed by atoms with E-state index in [2.05, 4.69) is 10.3 Å². The van der Waals surface area contributed by atoms with Gasteiger partial charge in [0.1, 0.15) is 6.54 Å². The molecule has 9 heteroatoms. The van der Waals surface area contributed by atoms with Crippen molar-refractivity contribution in [2.75, 3.05) is 11.4 Å². The standard InChI is InChI=1S/C22H18ClN3O4S/c23-16-9-5-4-8-14(16)17-12-31-22(24-17)26-11-18(27)25-20(13-6-2-1-3-7-13)15(21(26)30)10-19(28)29/h1-9,12,15,20H,10-11H2,(H,25,27)(H,28,29)/t15-,20+/m0/s1. The summed E-state index contributed by atoms with van der Waals surface area (Å²) in [4.78, 5) is 43.4. The summed E-state index contributed by atoms with van der Waals surface area (Å²) in [6, 6.07) is 15.4. The summed E-state index contributed by atoms with van der Waals surface area (Å²) < 4.78 is 0. The van der Waals surface area contributed by atoms with Crippen LogP contribution in [0, 0.1) is 5.92 Å². The van der Waals surface area contributed by atoms with Crippen LogP contribution in [0.15, 0.2) is 60.0 Å². The molecule has 1 saturated heterocycles. The highest BCUT2D eigenvalue weighted by Crippen LogP contribution is 2.35. The zero-order chi connectivity index (χ0) is 22.0. The van der Waals surface area contributed by atoms with Crippen molar-refractivity contribution in [3.05, 3.63) is 70.6 Å². The first-order valence-electron chi connectivity index (χ1n) is 9.52. The summed E-state index contributed by atoms with van der Waals surface area (Å²) in [5.41, 5.74) is 1.97. The number of nitrogens with zero attached hydrogens (tertiary/aromatic N) is 2. The lowest BCUT2D eigenvalue weighted by Gasteiger charge is -2.25. The SMILES string of the molecule is O=C(O)C[C@@H]1C(=O)N(c2nc(-c3ccccc3Cl)cs2)CC(=O)N[C@@H]1c1ccccc1. The fourth-order valence-corrected chi connectivity index (χ4v) is 4.66. The maximum Gasteiger partial charge on any atom is 0.304 e. The number of anilines is 1. The van der Waals surface area contributed by atoms with Crippen molar-refractivity contribution in [3.63, 3.8) is 0 Å². The largest absolute Gasteiger partial charge is 0.481 e. The van der Waals surface area contributed by atoms with Gasteiger partial charge in [-0.25, -0.2) is 4.98 Å². The van der Waals surface area contributed by atoms with Gasteiger partial charge in [-0.15, -0.1) is 11.3 Å². The quantitative estimate of drug-likeness (QED) is 0.610. The zero-order valence-corrected chi connectivity index (χ0v) is 17.8. The Morgan fingerprint density at radius 3 is 2.58 bits per heavy atom. The average molecular weight is 456 g/mol. The number of carboxylic acid groups (broad SMARTS) is 1. The van der Waals surface area contributed by atoms with Gasteiger partial charge in [0.2, 0.25) is 11.8 Å². The van der Waals surface area contributed by atoms with E-state index in [9.17, 15) is 19.5 Å². The lowest BCUT2D eigenvalue weighted by molar-refractivity contribution is -0.141. The molecule has 2 atom stereocenters. The number of benzene rings is 2. The monoisotopic (exact) mass is 455 g/mol. The molecule has 1 aliphatic rings. The van der Waals surface area contributed by atoms with E-state index < -0.39 is 30.3 Å². The van der Waals surface area contributed by atoms with Crippen LogP contribution in [0.2, 0.25) is 5.02 Å². The van der Waals surface area contributed by atoms with Gasteiger partial charge in [0.15, 0.2) is 5.13 Å². The number of thiazole rings is 1. The highest BCUT2D eigenvalue weighted by Gasteiger charge is 2.40. The molecule has 0 saturated carbocycles. The molecule has 1 aliphatic heterocycles. The van der Waals surface area contributed by atoms with Crippen molar-refractivity contribution in [2.45, 2.75) is 12.5 Å². The van der Waals surface area contributed by atoms with E-state index in [-0.39, 0.29) is 12.5 Å². The highest BCUT2D eigenvalue weighted by atomic mass is 35.5. The second-order valence-electron chi connectivity index (χ2n) is 7.08.